The Balaban J connectivity index is 1.55. The lowest BCUT2D eigenvalue weighted by Crippen LogP contribution is -2.52. The summed E-state index contributed by atoms with van der Waals surface area (Å²) in [6.45, 7) is 1.85. The highest BCUT2D eigenvalue weighted by molar-refractivity contribution is 6.31. The molecular formula is C30H39ClF3N5O5. The summed E-state index contributed by atoms with van der Waals surface area (Å²) >= 11 is 6.63. The average molecular weight is 642 g/mol. The van der Waals surface area contributed by atoms with E-state index < -0.39 is 47.5 Å². The Labute approximate surface area is 259 Å². The van der Waals surface area contributed by atoms with Crippen molar-refractivity contribution in [2.24, 2.45) is 28.3 Å². The standard InChI is InChI=1S/C30H39ClF3N5O5/c1-28(27(42)43)9-4-3-5-18(28)26(41)39-12-8-17-19(31)6-7-22(44-15-20(35)25(37(2)36)30(32,33)34)24(17)21(39)14-38-16-29(10-11-29)13-23(38)40/h6-7,18,21H,3-5,8-16,35-36H2,1-2H3,(H,42,43)/b25-20-/t18?,21?,28-/m0/s1. The molecule has 14 heteroatoms. The fraction of sp³-hybridized carbons (Fsp3) is 0.633. The van der Waals surface area contributed by atoms with E-state index in [2.05, 4.69) is 0 Å². The molecule has 2 heterocycles. The van der Waals surface area contributed by atoms with Crippen LogP contribution >= 0.6 is 11.6 Å². The van der Waals surface area contributed by atoms with Crippen LogP contribution in [0.2, 0.25) is 5.02 Å². The second-order valence-corrected chi connectivity index (χ2v) is 13.4. The molecule has 10 nitrogen and oxygen atoms in total. The van der Waals surface area contributed by atoms with Crippen LogP contribution in [-0.4, -0.2) is 77.2 Å². The fourth-order valence-electron chi connectivity index (χ4n) is 7.25. The molecule has 0 radical (unpaired) electrons. The molecule has 1 aromatic carbocycles. The number of hydrazine groups is 1. The van der Waals surface area contributed by atoms with Crippen LogP contribution in [0.4, 0.5) is 13.2 Å². The molecule has 0 bridgehead atoms. The number of hydrogen-bond acceptors (Lipinski definition) is 7. The second kappa shape index (κ2) is 11.6. The smallest absolute Gasteiger partial charge is 0.434 e. The summed E-state index contributed by atoms with van der Waals surface area (Å²) < 4.78 is 46.9. The van der Waals surface area contributed by atoms with Gasteiger partial charge in [0.25, 0.3) is 0 Å². The monoisotopic (exact) mass is 641 g/mol. The molecule has 1 aromatic rings. The maximum atomic E-state index is 14.3. The van der Waals surface area contributed by atoms with Crippen molar-refractivity contribution >= 4 is 29.4 Å². The van der Waals surface area contributed by atoms with Crippen LogP contribution in [0.25, 0.3) is 0 Å². The number of carbonyl (C=O) groups excluding carboxylic acids is 2. The molecule has 2 aliphatic carbocycles. The molecule has 2 unspecified atom stereocenters. The minimum absolute atomic E-state index is 0.0347. The number of amides is 2. The number of fused-ring (bicyclic) bond motifs is 1. The van der Waals surface area contributed by atoms with Crippen molar-refractivity contribution in [1.82, 2.24) is 14.8 Å². The van der Waals surface area contributed by atoms with Crippen molar-refractivity contribution < 1.29 is 37.4 Å². The summed E-state index contributed by atoms with van der Waals surface area (Å²) in [5.41, 5.74) is 3.77. The number of ether oxygens (including phenoxy) is 1. The lowest BCUT2D eigenvalue weighted by Gasteiger charge is -2.45. The third-order valence-corrected chi connectivity index (χ3v) is 10.3. The molecule has 1 saturated heterocycles. The van der Waals surface area contributed by atoms with Gasteiger partial charge in [0.2, 0.25) is 11.8 Å². The SMILES string of the molecule is CN(N)/C(=C(\N)COc1ccc(Cl)c2c1C(CN1CC3(CC3)CC1=O)N(C(=O)C1CCCC[C@]1(C)C(=O)O)CC2)C(F)(F)F. The third kappa shape index (κ3) is 5.92. The van der Waals surface area contributed by atoms with Gasteiger partial charge in [0.1, 0.15) is 12.4 Å². The van der Waals surface area contributed by atoms with Gasteiger partial charge in [-0.05, 0) is 62.1 Å². The molecule has 1 spiro atoms. The molecular weight excluding hydrogens is 603 g/mol. The minimum Gasteiger partial charge on any atom is -0.487 e. The Morgan fingerprint density at radius 3 is 2.52 bits per heavy atom. The van der Waals surface area contributed by atoms with Crippen LogP contribution in [0.1, 0.15) is 69.0 Å². The van der Waals surface area contributed by atoms with Gasteiger partial charge in [-0.3, -0.25) is 14.4 Å². The third-order valence-electron chi connectivity index (χ3n) is 9.91. The van der Waals surface area contributed by atoms with E-state index in [0.29, 0.717) is 66.2 Å². The zero-order valence-electron chi connectivity index (χ0n) is 24.9. The van der Waals surface area contributed by atoms with Gasteiger partial charge in [-0.25, -0.2) is 5.84 Å². The van der Waals surface area contributed by atoms with Crippen LogP contribution in [-0.2, 0) is 20.8 Å². The normalized spacial score (nSPS) is 26.8. The van der Waals surface area contributed by atoms with Gasteiger partial charge in [-0.2, -0.15) is 13.2 Å². The number of alkyl halides is 3. The predicted octanol–water partition coefficient (Wildman–Crippen LogP) is 3.98. The van der Waals surface area contributed by atoms with E-state index in [-0.39, 0.29) is 36.1 Å². The number of likely N-dealkylation sites (tertiary alicyclic amines) is 1. The van der Waals surface area contributed by atoms with E-state index in [1.54, 1.807) is 22.8 Å². The quantitative estimate of drug-likeness (QED) is 0.286. The van der Waals surface area contributed by atoms with E-state index in [0.717, 1.165) is 19.9 Å². The molecule has 44 heavy (non-hydrogen) atoms. The number of benzene rings is 1. The molecule has 2 saturated carbocycles. The van der Waals surface area contributed by atoms with E-state index in [9.17, 15) is 32.7 Å². The summed E-state index contributed by atoms with van der Waals surface area (Å²) in [7, 11) is 1.02. The number of allylic oxidation sites excluding steroid dienone is 1. The largest absolute Gasteiger partial charge is 0.487 e. The number of aliphatic carboxylic acids is 1. The summed E-state index contributed by atoms with van der Waals surface area (Å²) in [5.74, 6) is 3.42. The van der Waals surface area contributed by atoms with Crippen LogP contribution in [0.3, 0.4) is 0 Å². The van der Waals surface area contributed by atoms with Crippen LogP contribution < -0.4 is 16.3 Å². The highest BCUT2D eigenvalue weighted by Crippen LogP contribution is 2.54. The number of halogens is 4. The number of carboxylic acid groups (broad SMARTS) is 1. The van der Waals surface area contributed by atoms with Gasteiger partial charge in [0, 0.05) is 43.7 Å². The molecule has 4 aliphatic rings. The van der Waals surface area contributed by atoms with Crippen molar-refractivity contribution in [3.63, 3.8) is 0 Å². The van der Waals surface area contributed by atoms with Gasteiger partial charge < -0.3 is 30.4 Å². The number of carboxylic acids is 1. The lowest BCUT2D eigenvalue weighted by molar-refractivity contribution is -0.162. The summed E-state index contributed by atoms with van der Waals surface area (Å²) in [6.07, 6.45) is -0.00948. The minimum atomic E-state index is -4.83. The van der Waals surface area contributed by atoms with E-state index in [1.165, 1.54) is 6.07 Å². The summed E-state index contributed by atoms with van der Waals surface area (Å²) in [5, 5.41) is 10.9. The van der Waals surface area contributed by atoms with Gasteiger partial charge in [-0.15, -0.1) is 0 Å². The fourth-order valence-corrected chi connectivity index (χ4v) is 7.51. The number of nitrogens with zero attached hydrogens (tertiary/aromatic N) is 3. The molecule has 3 atom stereocenters. The first-order chi connectivity index (χ1) is 20.6. The topological polar surface area (TPSA) is 142 Å². The summed E-state index contributed by atoms with van der Waals surface area (Å²) in [4.78, 5) is 43.2. The average Bonchev–Trinajstić information content (AvgIpc) is 3.61. The van der Waals surface area contributed by atoms with Crippen molar-refractivity contribution in [3.05, 3.63) is 39.7 Å². The molecule has 5 rings (SSSR count). The molecule has 3 fully saturated rings. The van der Waals surface area contributed by atoms with Gasteiger partial charge in [0.15, 0.2) is 5.70 Å². The van der Waals surface area contributed by atoms with Crippen LogP contribution in [0, 0.1) is 16.7 Å². The zero-order valence-corrected chi connectivity index (χ0v) is 25.6. The highest BCUT2D eigenvalue weighted by Gasteiger charge is 2.54. The molecule has 2 amide bonds. The Kier molecular flexibility index (Phi) is 8.51. The van der Waals surface area contributed by atoms with Crippen molar-refractivity contribution in [1.29, 1.82) is 0 Å². The van der Waals surface area contributed by atoms with E-state index in [1.807, 2.05) is 0 Å². The molecule has 5 N–H and O–H groups in total. The second-order valence-electron chi connectivity index (χ2n) is 13.0. The van der Waals surface area contributed by atoms with Crippen molar-refractivity contribution in [2.45, 2.75) is 70.5 Å². The maximum absolute atomic E-state index is 14.3. The predicted molar refractivity (Wildman–Crippen MR) is 155 cm³/mol. The Morgan fingerprint density at radius 1 is 1.23 bits per heavy atom. The van der Waals surface area contributed by atoms with E-state index in [4.69, 9.17) is 27.9 Å². The number of hydrogen-bond donors (Lipinski definition) is 3. The molecule has 242 valence electrons. The number of rotatable bonds is 8. The molecule has 0 aromatic heterocycles. The highest BCUT2D eigenvalue weighted by atomic mass is 35.5. The van der Waals surface area contributed by atoms with Gasteiger partial charge in [0.05, 0.1) is 23.1 Å². The van der Waals surface area contributed by atoms with Gasteiger partial charge in [-0.1, -0.05) is 24.4 Å². The van der Waals surface area contributed by atoms with Crippen molar-refractivity contribution in [3.8, 4) is 5.75 Å². The number of nitrogens with two attached hydrogens (primary N) is 2. The molecule has 2 aliphatic heterocycles. The number of carbonyl (C=O) groups is 3. The Bertz CT molecular complexity index is 1380. The lowest BCUT2D eigenvalue weighted by atomic mass is 9.66. The van der Waals surface area contributed by atoms with E-state index >= 15 is 0 Å². The van der Waals surface area contributed by atoms with Crippen LogP contribution in [0.5, 0.6) is 5.75 Å². The Hall–Kier alpha value is -3.19. The van der Waals surface area contributed by atoms with Gasteiger partial charge >= 0.3 is 12.1 Å². The first kappa shape index (κ1) is 32.2. The zero-order chi connectivity index (χ0) is 32.2. The van der Waals surface area contributed by atoms with Crippen molar-refractivity contribution in [2.75, 3.05) is 33.3 Å². The first-order valence-electron chi connectivity index (χ1n) is 14.9. The maximum Gasteiger partial charge on any atom is 0.434 e. The van der Waals surface area contributed by atoms with Crippen LogP contribution in [0.15, 0.2) is 23.5 Å². The first-order valence-corrected chi connectivity index (χ1v) is 15.3. The summed E-state index contributed by atoms with van der Waals surface area (Å²) in [6, 6.07) is 2.33. The Morgan fingerprint density at radius 2 is 1.93 bits per heavy atom.